The number of phosphoric ester groups is 1. The first kappa shape index (κ1) is 23.4. The normalized spacial score (nSPS) is 11.3. The molecular formula is C14H32NaO4P. The Balaban J connectivity index is 0. The van der Waals surface area contributed by atoms with E-state index in [4.69, 9.17) is 9.79 Å². The van der Waals surface area contributed by atoms with Crippen LogP contribution in [0.5, 0.6) is 0 Å². The molecule has 0 bridgehead atoms. The van der Waals surface area contributed by atoms with Crippen LogP contribution < -0.4 is 0 Å². The Morgan fingerprint density at radius 3 is 1.45 bits per heavy atom. The van der Waals surface area contributed by atoms with Crippen LogP contribution in [-0.2, 0) is 9.09 Å². The van der Waals surface area contributed by atoms with Gasteiger partial charge in [-0.3, -0.25) is 4.52 Å². The van der Waals surface area contributed by atoms with Gasteiger partial charge >= 0.3 is 37.4 Å². The fourth-order valence-corrected chi connectivity index (χ4v) is 2.49. The molecule has 2 N–H and O–H groups in total. The summed E-state index contributed by atoms with van der Waals surface area (Å²) >= 11 is 0. The van der Waals surface area contributed by atoms with Crippen LogP contribution in [0.15, 0.2) is 0 Å². The van der Waals surface area contributed by atoms with Crippen molar-refractivity contribution < 1.29 is 18.9 Å². The number of hydrogen-bond acceptors (Lipinski definition) is 2. The van der Waals surface area contributed by atoms with Crippen molar-refractivity contribution in [3.63, 3.8) is 0 Å². The van der Waals surface area contributed by atoms with E-state index in [0.29, 0.717) is 0 Å². The maximum atomic E-state index is 10.4. The standard InChI is InChI=1S/C14H31O4P.Na.H/c1-2-3-4-5-6-7-8-9-10-11-12-13-14-18-19(15,16)17;;/h2-14H2,1H3,(H2,15,16,17);;. The van der Waals surface area contributed by atoms with Gasteiger partial charge in [-0.2, -0.15) is 0 Å². The Labute approximate surface area is 146 Å². The second-order valence-corrected chi connectivity index (χ2v) is 6.45. The molecule has 4 nitrogen and oxygen atoms in total. The van der Waals surface area contributed by atoms with Gasteiger partial charge in [-0.15, -0.1) is 0 Å². The molecule has 6 heteroatoms. The van der Waals surface area contributed by atoms with Crippen molar-refractivity contribution in [3.8, 4) is 0 Å². The predicted molar refractivity (Wildman–Crippen MR) is 86.2 cm³/mol. The molecule has 0 aromatic rings. The molecule has 0 atom stereocenters. The average Bonchev–Trinajstić information content (AvgIpc) is 2.34. The van der Waals surface area contributed by atoms with Gasteiger partial charge in [0.25, 0.3) is 0 Å². The summed E-state index contributed by atoms with van der Waals surface area (Å²) in [5.74, 6) is 0. The van der Waals surface area contributed by atoms with Crippen LogP contribution in [0.3, 0.4) is 0 Å². The third-order valence-electron chi connectivity index (χ3n) is 3.26. The zero-order chi connectivity index (χ0) is 14.4. The molecule has 0 aliphatic heterocycles. The zero-order valence-electron chi connectivity index (χ0n) is 12.4. The van der Waals surface area contributed by atoms with E-state index in [0.717, 1.165) is 19.3 Å². The van der Waals surface area contributed by atoms with Gasteiger partial charge in [-0.25, -0.2) is 4.57 Å². The molecule has 20 heavy (non-hydrogen) atoms. The molecule has 0 aromatic heterocycles. The Kier molecular flexibility index (Phi) is 19.3. The van der Waals surface area contributed by atoms with Crippen LogP contribution in [-0.4, -0.2) is 46.0 Å². The van der Waals surface area contributed by atoms with Crippen molar-refractivity contribution in [2.24, 2.45) is 0 Å². The van der Waals surface area contributed by atoms with Gasteiger partial charge in [0.05, 0.1) is 6.61 Å². The zero-order valence-corrected chi connectivity index (χ0v) is 13.2. The molecule has 0 aromatic carbocycles. The average molecular weight is 318 g/mol. The van der Waals surface area contributed by atoms with Crippen molar-refractivity contribution in [1.82, 2.24) is 0 Å². The molecular weight excluding hydrogens is 286 g/mol. The van der Waals surface area contributed by atoms with Crippen molar-refractivity contribution in [1.29, 1.82) is 0 Å². The van der Waals surface area contributed by atoms with E-state index in [-0.39, 0.29) is 36.2 Å². The molecule has 0 rings (SSSR count). The molecule has 0 unspecified atom stereocenters. The van der Waals surface area contributed by atoms with Gasteiger partial charge in [0, 0.05) is 0 Å². The molecule has 0 saturated carbocycles. The van der Waals surface area contributed by atoms with Crippen LogP contribution in [0.25, 0.3) is 0 Å². The van der Waals surface area contributed by atoms with Crippen LogP contribution in [0.1, 0.15) is 84.0 Å². The molecule has 0 radical (unpaired) electrons. The Hall–Kier alpha value is 1.11. The summed E-state index contributed by atoms with van der Waals surface area (Å²) in [6.45, 7) is 2.41. The minimum atomic E-state index is -4.25. The molecule has 0 saturated heterocycles. The van der Waals surface area contributed by atoms with E-state index in [1.54, 1.807) is 0 Å². The molecule has 0 amide bonds. The van der Waals surface area contributed by atoms with E-state index >= 15 is 0 Å². The van der Waals surface area contributed by atoms with Gasteiger partial charge in [-0.1, -0.05) is 77.6 Å². The summed E-state index contributed by atoms with van der Waals surface area (Å²) in [4.78, 5) is 17.0. The van der Waals surface area contributed by atoms with Gasteiger partial charge in [-0.05, 0) is 6.42 Å². The SMILES string of the molecule is CCCCCCCCCCCCCCOP(=O)(O)O.[NaH]. The van der Waals surface area contributed by atoms with Crippen LogP contribution in [0.2, 0.25) is 0 Å². The summed E-state index contributed by atoms with van der Waals surface area (Å²) in [5.41, 5.74) is 0. The number of rotatable bonds is 14. The summed E-state index contributed by atoms with van der Waals surface area (Å²) < 4.78 is 14.8. The van der Waals surface area contributed by atoms with Crippen molar-refractivity contribution in [3.05, 3.63) is 0 Å². The second-order valence-electron chi connectivity index (χ2n) is 5.21. The molecule has 118 valence electrons. The van der Waals surface area contributed by atoms with Crippen LogP contribution in [0.4, 0.5) is 0 Å². The molecule has 0 fully saturated rings. The molecule has 0 aliphatic carbocycles. The second kappa shape index (κ2) is 16.5. The maximum absolute atomic E-state index is 10.4. The summed E-state index contributed by atoms with van der Waals surface area (Å²) in [7, 11) is -4.25. The first-order chi connectivity index (χ1) is 9.06. The molecule has 0 aliphatic rings. The van der Waals surface area contributed by atoms with E-state index in [1.165, 1.54) is 57.8 Å². The Morgan fingerprint density at radius 1 is 0.750 bits per heavy atom. The first-order valence-corrected chi connectivity index (χ1v) is 9.29. The summed E-state index contributed by atoms with van der Waals surface area (Å²) in [5, 5.41) is 0. The van der Waals surface area contributed by atoms with E-state index in [9.17, 15) is 4.57 Å². The first-order valence-electron chi connectivity index (χ1n) is 7.76. The minimum absolute atomic E-state index is 0. The molecule has 0 spiro atoms. The van der Waals surface area contributed by atoms with Gasteiger partial charge in [0.15, 0.2) is 0 Å². The van der Waals surface area contributed by atoms with Crippen LogP contribution >= 0.6 is 7.82 Å². The molecule has 0 heterocycles. The van der Waals surface area contributed by atoms with E-state index in [2.05, 4.69) is 11.4 Å². The number of phosphoric acid groups is 1. The summed E-state index contributed by atoms with van der Waals surface area (Å²) in [6.07, 6.45) is 14.9. The third-order valence-corrected chi connectivity index (χ3v) is 3.78. The summed E-state index contributed by atoms with van der Waals surface area (Å²) in [6, 6.07) is 0. The van der Waals surface area contributed by atoms with E-state index in [1.807, 2.05) is 0 Å². The monoisotopic (exact) mass is 318 g/mol. The van der Waals surface area contributed by atoms with E-state index < -0.39 is 7.82 Å². The number of hydrogen-bond donors (Lipinski definition) is 2. The van der Waals surface area contributed by atoms with Crippen molar-refractivity contribution in [2.75, 3.05) is 6.61 Å². The van der Waals surface area contributed by atoms with Gasteiger partial charge < -0.3 is 9.79 Å². The Bertz CT molecular complexity index is 233. The van der Waals surface area contributed by atoms with Gasteiger partial charge in [0.1, 0.15) is 0 Å². The fourth-order valence-electron chi connectivity index (χ4n) is 2.13. The predicted octanol–water partition coefficient (Wildman–Crippen LogP) is 4.15. The quantitative estimate of drug-likeness (QED) is 0.287. The third kappa shape index (κ3) is 21.4. The van der Waals surface area contributed by atoms with Crippen LogP contribution in [0, 0.1) is 0 Å². The fraction of sp³-hybridized carbons (Fsp3) is 1.00. The van der Waals surface area contributed by atoms with Gasteiger partial charge in [0.2, 0.25) is 0 Å². The topological polar surface area (TPSA) is 66.8 Å². The van der Waals surface area contributed by atoms with Crippen molar-refractivity contribution >= 4 is 37.4 Å². The number of unbranched alkanes of at least 4 members (excludes halogenated alkanes) is 11. The Morgan fingerprint density at radius 2 is 1.10 bits per heavy atom. The van der Waals surface area contributed by atoms with Crippen molar-refractivity contribution in [2.45, 2.75) is 84.0 Å².